The fourth-order valence-electron chi connectivity index (χ4n) is 4.39. The first-order chi connectivity index (χ1) is 13.0. The van der Waals surface area contributed by atoms with Crippen molar-refractivity contribution in [2.75, 3.05) is 19.6 Å². The second-order valence-electron chi connectivity index (χ2n) is 8.08. The summed E-state index contributed by atoms with van der Waals surface area (Å²) in [6.45, 7) is 5.91. The van der Waals surface area contributed by atoms with E-state index in [9.17, 15) is 9.59 Å². The highest BCUT2D eigenvalue weighted by atomic mass is 16.2. The standard InChI is InChI=1S/C22H27N3O2/c1-15(2)9-12-25-17-8-7-16(21(25)26)13-24(14-17)22(27)19-5-4-6-20-18(19)10-11-23(20)3/h4-6,9-11,16-17H,7-8,12-14H2,1-3H3. The summed E-state index contributed by atoms with van der Waals surface area (Å²) in [4.78, 5) is 30.1. The third kappa shape index (κ3) is 3.15. The molecule has 0 saturated carbocycles. The van der Waals surface area contributed by atoms with Gasteiger partial charge in [0.05, 0.1) is 5.92 Å². The van der Waals surface area contributed by atoms with E-state index in [2.05, 4.69) is 19.9 Å². The lowest BCUT2D eigenvalue weighted by Crippen LogP contribution is -2.48. The molecule has 2 aromatic rings. The molecule has 4 heterocycles. The van der Waals surface area contributed by atoms with Gasteiger partial charge in [-0.3, -0.25) is 9.59 Å². The summed E-state index contributed by atoms with van der Waals surface area (Å²) in [6.07, 6.45) is 5.95. The predicted molar refractivity (Wildman–Crippen MR) is 106 cm³/mol. The summed E-state index contributed by atoms with van der Waals surface area (Å²) in [5.74, 6) is 0.172. The minimum absolute atomic E-state index is 0.0422. The van der Waals surface area contributed by atoms with Gasteiger partial charge in [0, 0.05) is 55.4 Å². The molecule has 1 aromatic carbocycles. The van der Waals surface area contributed by atoms with Gasteiger partial charge in [-0.1, -0.05) is 17.7 Å². The fourth-order valence-corrected chi connectivity index (χ4v) is 4.39. The maximum Gasteiger partial charge on any atom is 0.254 e. The van der Waals surface area contributed by atoms with Crippen LogP contribution in [-0.2, 0) is 11.8 Å². The molecule has 27 heavy (non-hydrogen) atoms. The van der Waals surface area contributed by atoms with Gasteiger partial charge >= 0.3 is 0 Å². The van der Waals surface area contributed by atoms with Gasteiger partial charge in [-0.05, 0) is 44.9 Å². The van der Waals surface area contributed by atoms with Crippen LogP contribution in [0, 0.1) is 5.92 Å². The zero-order valence-electron chi connectivity index (χ0n) is 16.3. The second kappa shape index (κ2) is 6.87. The highest BCUT2D eigenvalue weighted by Crippen LogP contribution is 2.31. The van der Waals surface area contributed by atoms with Crippen LogP contribution < -0.4 is 0 Å². The van der Waals surface area contributed by atoms with Crippen molar-refractivity contribution in [1.29, 1.82) is 0 Å². The average Bonchev–Trinajstić information content (AvgIpc) is 2.84. The van der Waals surface area contributed by atoms with E-state index in [1.807, 2.05) is 51.9 Å². The number of amides is 2. The minimum atomic E-state index is -0.0757. The summed E-state index contributed by atoms with van der Waals surface area (Å²) < 4.78 is 2.03. The number of hydrogen-bond acceptors (Lipinski definition) is 2. The van der Waals surface area contributed by atoms with Crippen LogP contribution in [0.3, 0.4) is 0 Å². The van der Waals surface area contributed by atoms with Crippen molar-refractivity contribution in [3.05, 3.63) is 47.7 Å². The highest BCUT2D eigenvalue weighted by Gasteiger charge is 2.41. The van der Waals surface area contributed by atoms with Gasteiger partial charge in [0.2, 0.25) is 5.91 Å². The Labute approximate surface area is 160 Å². The quantitative estimate of drug-likeness (QED) is 0.784. The molecule has 0 aliphatic carbocycles. The topological polar surface area (TPSA) is 45.6 Å². The number of carbonyl (C=O) groups is 2. The van der Waals surface area contributed by atoms with Gasteiger partial charge in [0.25, 0.3) is 5.91 Å². The largest absolute Gasteiger partial charge is 0.351 e. The van der Waals surface area contributed by atoms with E-state index in [4.69, 9.17) is 0 Å². The molecule has 5 heteroatoms. The number of rotatable bonds is 3. The lowest BCUT2D eigenvalue weighted by Gasteiger charge is -2.35. The maximum absolute atomic E-state index is 13.3. The number of benzene rings is 1. The molecule has 0 radical (unpaired) electrons. The van der Waals surface area contributed by atoms with E-state index < -0.39 is 0 Å². The molecule has 3 aliphatic heterocycles. The number of hydrogen-bond donors (Lipinski definition) is 0. The Morgan fingerprint density at radius 2 is 2.00 bits per heavy atom. The SMILES string of the molecule is CC(C)=CCN1C(=O)C2CCC1CN(C(=O)c1cccc3c1ccn3C)C2. The highest BCUT2D eigenvalue weighted by molar-refractivity contribution is 6.06. The van der Waals surface area contributed by atoms with Gasteiger partial charge in [-0.2, -0.15) is 0 Å². The smallest absolute Gasteiger partial charge is 0.254 e. The normalized spacial score (nSPS) is 22.3. The van der Waals surface area contributed by atoms with E-state index in [-0.39, 0.29) is 23.8 Å². The molecular formula is C22H27N3O2. The molecule has 3 saturated heterocycles. The lowest BCUT2D eigenvalue weighted by molar-refractivity contribution is -0.139. The Morgan fingerprint density at radius 1 is 1.19 bits per heavy atom. The Kier molecular flexibility index (Phi) is 4.54. The van der Waals surface area contributed by atoms with Crippen LogP contribution in [0.5, 0.6) is 0 Å². The van der Waals surface area contributed by atoms with Gasteiger partial charge < -0.3 is 14.4 Å². The van der Waals surface area contributed by atoms with Crippen LogP contribution in [0.4, 0.5) is 0 Å². The van der Waals surface area contributed by atoms with E-state index >= 15 is 0 Å². The van der Waals surface area contributed by atoms with Crippen molar-refractivity contribution in [2.45, 2.75) is 32.7 Å². The van der Waals surface area contributed by atoms with Gasteiger partial charge in [0.15, 0.2) is 0 Å². The van der Waals surface area contributed by atoms with Crippen molar-refractivity contribution in [3.8, 4) is 0 Å². The Balaban J connectivity index is 1.62. The van der Waals surface area contributed by atoms with Gasteiger partial charge in [-0.25, -0.2) is 0 Å². The first kappa shape index (κ1) is 17.8. The van der Waals surface area contributed by atoms with Crippen LogP contribution in [0.1, 0.15) is 37.0 Å². The van der Waals surface area contributed by atoms with Gasteiger partial charge in [0.1, 0.15) is 0 Å². The van der Waals surface area contributed by atoms with Crippen LogP contribution >= 0.6 is 0 Å². The molecule has 3 aliphatic rings. The molecule has 5 rings (SSSR count). The molecule has 0 spiro atoms. The molecule has 142 valence electrons. The minimum Gasteiger partial charge on any atom is -0.351 e. The second-order valence-corrected chi connectivity index (χ2v) is 8.08. The maximum atomic E-state index is 13.3. The first-order valence-electron chi connectivity index (χ1n) is 9.73. The summed E-state index contributed by atoms with van der Waals surface area (Å²) in [5, 5.41) is 0.981. The molecule has 2 amide bonds. The van der Waals surface area contributed by atoms with Crippen molar-refractivity contribution in [1.82, 2.24) is 14.4 Å². The number of fused-ring (bicyclic) bond motifs is 5. The molecule has 0 N–H and O–H groups in total. The number of carbonyl (C=O) groups excluding carboxylic acids is 2. The van der Waals surface area contributed by atoms with Crippen molar-refractivity contribution < 1.29 is 9.59 Å². The Morgan fingerprint density at radius 3 is 2.78 bits per heavy atom. The van der Waals surface area contributed by atoms with E-state index in [1.54, 1.807) is 0 Å². The average molecular weight is 365 g/mol. The Bertz CT molecular complexity index is 923. The molecule has 5 nitrogen and oxygen atoms in total. The van der Waals surface area contributed by atoms with E-state index in [0.717, 1.165) is 29.3 Å². The number of allylic oxidation sites excluding steroid dienone is 1. The van der Waals surface area contributed by atoms with Crippen LogP contribution in [-0.4, -0.2) is 51.9 Å². The summed E-state index contributed by atoms with van der Waals surface area (Å²) in [5.41, 5.74) is 3.00. The van der Waals surface area contributed by atoms with E-state index in [1.165, 1.54) is 5.57 Å². The van der Waals surface area contributed by atoms with Crippen LogP contribution in [0.25, 0.3) is 10.9 Å². The molecule has 3 fully saturated rings. The van der Waals surface area contributed by atoms with Crippen molar-refractivity contribution in [3.63, 3.8) is 0 Å². The molecule has 1 aromatic heterocycles. The molecule has 2 bridgehead atoms. The van der Waals surface area contributed by atoms with Crippen molar-refractivity contribution >= 4 is 22.7 Å². The summed E-state index contributed by atoms with van der Waals surface area (Å²) in [7, 11) is 1.99. The number of nitrogens with zero attached hydrogens (tertiary/aromatic N) is 3. The monoisotopic (exact) mass is 365 g/mol. The number of aromatic nitrogens is 1. The number of piperidine rings is 1. The van der Waals surface area contributed by atoms with Crippen LogP contribution in [0.15, 0.2) is 42.1 Å². The third-order valence-electron chi connectivity index (χ3n) is 5.94. The van der Waals surface area contributed by atoms with Gasteiger partial charge in [-0.15, -0.1) is 0 Å². The van der Waals surface area contributed by atoms with Crippen molar-refractivity contribution in [2.24, 2.45) is 13.0 Å². The first-order valence-corrected chi connectivity index (χ1v) is 9.73. The number of aryl methyl sites for hydroxylation is 1. The Hall–Kier alpha value is -2.56. The zero-order chi connectivity index (χ0) is 19.1. The zero-order valence-corrected chi connectivity index (χ0v) is 16.3. The molecular weight excluding hydrogens is 338 g/mol. The lowest BCUT2D eigenvalue weighted by atomic mass is 9.94. The molecule has 2 atom stereocenters. The van der Waals surface area contributed by atoms with E-state index in [0.29, 0.717) is 19.6 Å². The third-order valence-corrected chi connectivity index (χ3v) is 5.94. The molecule has 2 unspecified atom stereocenters. The summed E-state index contributed by atoms with van der Waals surface area (Å²) >= 11 is 0. The predicted octanol–water partition coefficient (Wildman–Crippen LogP) is 3.21. The summed E-state index contributed by atoms with van der Waals surface area (Å²) in [6, 6.07) is 7.99. The van der Waals surface area contributed by atoms with Crippen LogP contribution in [0.2, 0.25) is 0 Å². The fraction of sp³-hybridized carbons (Fsp3) is 0.455.